The molecule has 1 aromatic rings. The third-order valence-electron chi connectivity index (χ3n) is 3.42. The molecular formula is C15H20FNO2. The number of nitrogens with one attached hydrogen (secondary N) is 1. The maximum atomic E-state index is 13.4. The molecule has 1 aliphatic rings. The number of carbonyl (C=O) groups excluding carboxylic acids is 1. The molecule has 0 spiro atoms. The van der Waals surface area contributed by atoms with Crippen molar-refractivity contribution in [3.8, 4) is 5.75 Å². The number of hydrogen-bond donors (Lipinski definition) is 1. The van der Waals surface area contributed by atoms with Gasteiger partial charge in [-0.25, -0.2) is 4.39 Å². The molecule has 104 valence electrons. The lowest BCUT2D eigenvalue weighted by Crippen LogP contribution is -2.39. The van der Waals surface area contributed by atoms with Gasteiger partial charge < -0.3 is 10.1 Å². The van der Waals surface area contributed by atoms with Gasteiger partial charge in [0, 0.05) is 6.04 Å². The summed E-state index contributed by atoms with van der Waals surface area (Å²) in [6, 6.07) is 4.88. The summed E-state index contributed by atoms with van der Waals surface area (Å²) in [5.74, 6) is -0.470. The molecule has 0 unspecified atom stereocenters. The SMILES string of the molecule is Cc1ccc(F)c(OCC(=O)NC2CCCCC2)c1. The van der Waals surface area contributed by atoms with Crippen LogP contribution in [0.25, 0.3) is 0 Å². The molecule has 0 saturated heterocycles. The Hall–Kier alpha value is -1.58. The van der Waals surface area contributed by atoms with E-state index in [1.54, 1.807) is 12.1 Å². The number of ether oxygens (including phenoxy) is 1. The van der Waals surface area contributed by atoms with Crippen LogP contribution in [0.4, 0.5) is 4.39 Å². The maximum absolute atomic E-state index is 13.4. The Bertz CT molecular complexity index is 442. The minimum atomic E-state index is -0.434. The van der Waals surface area contributed by atoms with Gasteiger partial charge in [0.05, 0.1) is 0 Å². The Kier molecular flexibility index (Phi) is 4.77. The minimum Gasteiger partial charge on any atom is -0.481 e. The Morgan fingerprint density at radius 2 is 2.11 bits per heavy atom. The van der Waals surface area contributed by atoms with Crippen molar-refractivity contribution in [2.45, 2.75) is 45.1 Å². The quantitative estimate of drug-likeness (QED) is 0.909. The van der Waals surface area contributed by atoms with E-state index in [4.69, 9.17) is 4.74 Å². The second-order valence-corrected chi connectivity index (χ2v) is 5.12. The summed E-state index contributed by atoms with van der Waals surface area (Å²) in [7, 11) is 0. The zero-order valence-electron chi connectivity index (χ0n) is 11.2. The molecule has 4 heteroatoms. The van der Waals surface area contributed by atoms with Gasteiger partial charge in [-0.05, 0) is 37.5 Å². The van der Waals surface area contributed by atoms with E-state index in [0.29, 0.717) is 0 Å². The molecule has 2 rings (SSSR count). The fourth-order valence-electron chi connectivity index (χ4n) is 2.38. The van der Waals surface area contributed by atoms with Crippen LogP contribution in [0.1, 0.15) is 37.7 Å². The van der Waals surface area contributed by atoms with Crippen molar-refractivity contribution in [2.75, 3.05) is 6.61 Å². The summed E-state index contributed by atoms with van der Waals surface area (Å²) in [5, 5.41) is 2.94. The van der Waals surface area contributed by atoms with Gasteiger partial charge in [-0.3, -0.25) is 4.79 Å². The Morgan fingerprint density at radius 1 is 1.37 bits per heavy atom. The lowest BCUT2D eigenvalue weighted by molar-refractivity contribution is -0.124. The van der Waals surface area contributed by atoms with Gasteiger partial charge in [0.15, 0.2) is 18.2 Å². The minimum absolute atomic E-state index is 0.128. The molecule has 1 saturated carbocycles. The summed E-state index contributed by atoms with van der Waals surface area (Å²) >= 11 is 0. The van der Waals surface area contributed by atoms with Gasteiger partial charge >= 0.3 is 0 Å². The van der Waals surface area contributed by atoms with Gasteiger partial charge in [-0.1, -0.05) is 25.3 Å². The van der Waals surface area contributed by atoms with Crippen LogP contribution in [-0.4, -0.2) is 18.6 Å². The smallest absolute Gasteiger partial charge is 0.258 e. The summed E-state index contributed by atoms with van der Waals surface area (Å²) < 4.78 is 18.7. The zero-order chi connectivity index (χ0) is 13.7. The van der Waals surface area contributed by atoms with E-state index in [9.17, 15) is 9.18 Å². The first-order valence-corrected chi connectivity index (χ1v) is 6.83. The van der Waals surface area contributed by atoms with Crippen LogP contribution in [0.5, 0.6) is 5.75 Å². The van der Waals surface area contributed by atoms with Crippen LogP contribution < -0.4 is 10.1 Å². The molecule has 0 atom stereocenters. The summed E-state index contributed by atoms with van der Waals surface area (Å²) in [6.07, 6.45) is 5.64. The molecule has 0 aromatic heterocycles. The van der Waals surface area contributed by atoms with Crippen molar-refractivity contribution in [3.05, 3.63) is 29.6 Å². The van der Waals surface area contributed by atoms with Crippen molar-refractivity contribution in [3.63, 3.8) is 0 Å². The van der Waals surface area contributed by atoms with Crippen molar-refractivity contribution < 1.29 is 13.9 Å². The first-order chi connectivity index (χ1) is 9.15. The molecule has 1 N–H and O–H groups in total. The van der Waals surface area contributed by atoms with E-state index in [1.165, 1.54) is 12.5 Å². The molecule has 1 amide bonds. The second-order valence-electron chi connectivity index (χ2n) is 5.12. The number of halogens is 1. The lowest BCUT2D eigenvalue weighted by Gasteiger charge is -2.22. The number of hydrogen-bond acceptors (Lipinski definition) is 2. The number of amides is 1. The first-order valence-electron chi connectivity index (χ1n) is 6.83. The van der Waals surface area contributed by atoms with E-state index in [0.717, 1.165) is 31.2 Å². The van der Waals surface area contributed by atoms with Crippen LogP contribution >= 0.6 is 0 Å². The Labute approximate surface area is 113 Å². The van der Waals surface area contributed by atoms with Gasteiger partial charge in [0.1, 0.15) is 0 Å². The van der Waals surface area contributed by atoms with E-state index in [2.05, 4.69) is 5.32 Å². The number of aryl methyl sites for hydroxylation is 1. The molecule has 0 bridgehead atoms. The molecule has 0 aliphatic heterocycles. The van der Waals surface area contributed by atoms with Crippen LogP contribution in [0.15, 0.2) is 18.2 Å². The second kappa shape index (κ2) is 6.55. The highest BCUT2D eigenvalue weighted by atomic mass is 19.1. The van der Waals surface area contributed by atoms with Crippen molar-refractivity contribution >= 4 is 5.91 Å². The topological polar surface area (TPSA) is 38.3 Å². The Balaban J connectivity index is 1.81. The van der Waals surface area contributed by atoms with Crippen LogP contribution in [0.3, 0.4) is 0 Å². The summed E-state index contributed by atoms with van der Waals surface area (Å²) in [4.78, 5) is 11.7. The predicted molar refractivity (Wildman–Crippen MR) is 71.6 cm³/mol. The van der Waals surface area contributed by atoms with Crippen LogP contribution in [0, 0.1) is 12.7 Å². The van der Waals surface area contributed by atoms with E-state index < -0.39 is 5.82 Å². The van der Waals surface area contributed by atoms with Crippen molar-refractivity contribution in [1.29, 1.82) is 0 Å². The molecular weight excluding hydrogens is 245 g/mol. The van der Waals surface area contributed by atoms with Crippen molar-refractivity contribution in [1.82, 2.24) is 5.32 Å². The van der Waals surface area contributed by atoms with E-state index in [-0.39, 0.29) is 24.3 Å². The number of benzene rings is 1. The van der Waals surface area contributed by atoms with E-state index >= 15 is 0 Å². The lowest BCUT2D eigenvalue weighted by atomic mass is 9.95. The normalized spacial score (nSPS) is 16.1. The first kappa shape index (κ1) is 13.8. The molecule has 1 aromatic carbocycles. The fraction of sp³-hybridized carbons (Fsp3) is 0.533. The number of carbonyl (C=O) groups is 1. The summed E-state index contributed by atoms with van der Waals surface area (Å²) in [5.41, 5.74) is 0.907. The van der Waals surface area contributed by atoms with Crippen LogP contribution in [0.2, 0.25) is 0 Å². The average Bonchev–Trinajstić information content (AvgIpc) is 2.41. The summed E-state index contributed by atoms with van der Waals surface area (Å²) in [6.45, 7) is 1.73. The Morgan fingerprint density at radius 3 is 2.84 bits per heavy atom. The highest BCUT2D eigenvalue weighted by Gasteiger charge is 2.16. The maximum Gasteiger partial charge on any atom is 0.258 e. The number of rotatable bonds is 4. The monoisotopic (exact) mass is 265 g/mol. The standard InChI is InChI=1S/C15H20FNO2/c1-11-7-8-13(16)14(9-11)19-10-15(18)17-12-5-3-2-4-6-12/h7-9,12H,2-6,10H2,1H3,(H,17,18). The van der Waals surface area contributed by atoms with Gasteiger partial charge in [0.2, 0.25) is 0 Å². The molecule has 3 nitrogen and oxygen atoms in total. The molecule has 1 fully saturated rings. The van der Waals surface area contributed by atoms with Gasteiger partial charge in [-0.2, -0.15) is 0 Å². The van der Waals surface area contributed by atoms with E-state index in [1.807, 2.05) is 6.92 Å². The third kappa shape index (κ3) is 4.23. The molecule has 0 heterocycles. The molecule has 0 radical (unpaired) electrons. The zero-order valence-corrected chi connectivity index (χ0v) is 11.2. The van der Waals surface area contributed by atoms with Crippen LogP contribution in [-0.2, 0) is 4.79 Å². The van der Waals surface area contributed by atoms with Gasteiger partial charge in [0.25, 0.3) is 5.91 Å². The fourth-order valence-corrected chi connectivity index (χ4v) is 2.38. The average molecular weight is 265 g/mol. The predicted octanol–water partition coefficient (Wildman–Crippen LogP) is 2.96. The molecule has 1 aliphatic carbocycles. The van der Waals surface area contributed by atoms with Gasteiger partial charge in [-0.15, -0.1) is 0 Å². The molecule has 19 heavy (non-hydrogen) atoms. The van der Waals surface area contributed by atoms with Crippen molar-refractivity contribution in [2.24, 2.45) is 0 Å². The highest BCUT2D eigenvalue weighted by Crippen LogP contribution is 2.19. The highest BCUT2D eigenvalue weighted by molar-refractivity contribution is 5.77. The third-order valence-corrected chi connectivity index (χ3v) is 3.42. The largest absolute Gasteiger partial charge is 0.481 e.